The molecular weight excluding hydrogens is 358 g/mol. The first-order valence-electron chi connectivity index (χ1n) is 5.85. The Kier molecular flexibility index (Phi) is 5.03. The number of thioether (sulfide) groups is 1. The molecule has 2 N–H and O–H groups in total. The van der Waals surface area contributed by atoms with Crippen LogP contribution < -0.4 is 4.74 Å². The van der Waals surface area contributed by atoms with Crippen molar-refractivity contribution in [1.82, 2.24) is 15.2 Å². The molecule has 1 heterocycles. The molecule has 6 nitrogen and oxygen atoms in total. The number of carboxylic acids is 1. The Morgan fingerprint density at radius 1 is 1.52 bits per heavy atom. The topological polar surface area (TPSA) is 88.1 Å². The van der Waals surface area contributed by atoms with Crippen LogP contribution in [0.1, 0.15) is 11.4 Å². The maximum atomic E-state index is 11.3. The van der Waals surface area contributed by atoms with E-state index < -0.39 is 5.97 Å². The molecular formula is C13H12BrN3O3S. The maximum Gasteiger partial charge on any atom is 0.342 e. The largest absolute Gasteiger partial charge is 0.496 e. The molecule has 0 aliphatic heterocycles. The number of carboxylic acid groups (broad SMARTS) is 1. The van der Waals surface area contributed by atoms with E-state index in [1.807, 2.05) is 0 Å². The van der Waals surface area contributed by atoms with E-state index >= 15 is 0 Å². The van der Waals surface area contributed by atoms with Crippen LogP contribution in [0.25, 0.3) is 6.08 Å². The number of nitrogens with one attached hydrogen (secondary N) is 1. The highest BCUT2D eigenvalue weighted by Gasteiger charge is 2.13. The molecule has 1 aromatic carbocycles. The third-order valence-corrected chi connectivity index (χ3v) is 3.96. The average Bonchev–Trinajstić information content (AvgIpc) is 2.83. The lowest BCUT2D eigenvalue weighted by atomic mass is 10.2. The van der Waals surface area contributed by atoms with Gasteiger partial charge in [-0.05, 0) is 58.4 Å². The smallest absolute Gasteiger partial charge is 0.342 e. The van der Waals surface area contributed by atoms with Crippen LogP contribution in [-0.4, -0.2) is 33.4 Å². The van der Waals surface area contributed by atoms with Crippen LogP contribution in [0.2, 0.25) is 0 Å². The number of aromatic amines is 1. The molecule has 1 aromatic heterocycles. The van der Waals surface area contributed by atoms with Gasteiger partial charge in [0.25, 0.3) is 0 Å². The minimum atomic E-state index is -1.03. The molecule has 0 radical (unpaired) electrons. The lowest BCUT2D eigenvalue weighted by Gasteiger charge is -2.04. The quantitative estimate of drug-likeness (QED) is 0.621. The van der Waals surface area contributed by atoms with E-state index in [0.29, 0.717) is 16.7 Å². The van der Waals surface area contributed by atoms with Gasteiger partial charge in [-0.25, -0.2) is 9.78 Å². The highest BCUT2D eigenvalue weighted by atomic mass is 79.9. The lowest BCUT2D eigenvalue weighted by molar-refractivity contribution is -0.131. The Bertz CT molecular complexity index is 700. The number of H-pyrrole nitrogens is 1. The number of hydrogen-bond acceptors (Lipinski definition) is 5. The number of halogens is 1. The van der Waals surface area contributed by atoms with Crippen molar-refractivity contribution in [1.29, 1.82) is 0 Å². The fraction of sp³-hybridized carbons (Fsp3) is 0.154. The zero-order valence-corrected chi connectivity index (χ0v) is 13.7. The van der Waals surface area contributed by atoms with Gasteiger partial charge in [0.15, 0.2) is 0 Å². The van der Waals surface area contributed by atoms with Crippen molar-refractivity contribution in [3.8, 4) is 5.75 Å². The summed E-state index contributed by atoms with van der Waals surface area (Å²) < 4.78 is 5.89. The van der Waals surface area contributed by atoms with Gasteiger partial charge in [0.05, 0.1) is 11.6 Å². The van der Waals surface area contributed by atoms with Gasteiger partial charge in [0.2, 0.25) is 5.16 Å². The van der Waals surface area contributed by atoms with Crippen LogP contribution >= 0.6 is 27.7 Å². The predicted octanol–water partition coefficient (Wildman–Crippen LogP) is 3.10. The molecule has 0 atom stereocenters. The number of carbonyl (C=O) groups is 1. The Morgan fingerprint density at radius 3 is 2.81 bits per heavy atom. The Morgan fingerprint density at radius 2 is 2.29 bits per heavy atom. The molecule has 8 heteroatoms. The number of aryl methyl sites for hydroxylation is 1. The minimum Gasteiger partial charge on any atom is -0.496 e. The molecule has 0 unspecified atom stereocenters. The van der Waals surface area contributed by atoms with Crippen molar-refractivity contribution in [3.05, 3.63) is 39.0 Å². The monoisotopic (exact) mass is 369 g/mol. The van der Waals surface area contributed by atoms with Gasteiger partial charge in [0, 0.05) is 0 Å². The zero-order chi connectivity index (χ0) is 15.4. The summed E-state index contributed by atoms with van der Waals surface area (Å²) in [5, 5.41) is 16.2. The number of methoxy groups -OCH3 is 1. The molecule has 0 bridgehead atoms. The second-order valence-corrected chi connectivity index (χ2v) is 5.88. The molecule has 0 saturated heterocycles. The molecule has 0 spiro atoms. The number of hydrogen-bond donors (Lipinski definition) is 2. The van der Waals surface area contributed by atoms with E-state index in [9.17, 15) is 9.90 Å². The van der Waals surface area contributed by atoms with Gasteiger partial charge in [-0.3, -0.25) is 5.10 Å². The summed E-state index contributed by atoms with van der Waals surface area (Å²) in [6, 6.07) is 5.32. The van der Waals surface area contributed by atoms with Crippen LogP contribution in [0.3, 0.4) is 0 Å². The van der Waals surface area contributed by atoms with Gasteiger partial charge in [-0.15, -0.1) is 5.10 Å². The Hall–Kier alpha value is -1.80. The van der Waals surface area contributed by atoms with Gasteiger partial charge < -0.3 is 9.84 Å². The molecule has 2 rings (SSSR count). The summed E-state index contributed by atoms with van der Waals surface area (Å²) >= 11 is 4.36. The van der Waals surface area contributed by atoms with Crippen molar-refractivity contribution < 1.29 is 14.6 Å². The standard InChI is InChI=1S/C13H12BrN3O3S/c1-7-15-13(17-16-7)21-11(12(18)19)6-8-3-4-10(20-2)9(14)5-8/h3-6H,1-2H3,(H,18,19)(H,15,16,17)/b11-6+. The van der Waals surface area contributed by atoms with Gasteiger partial charge in [0.1, 0.15) is 16.5 Å². The Labute approximate surface area is 133 Å². The first kappa shape index (κ1) is 15.6. The third kappa shape index (κ3) is 4.08. The summed E-state index contributed by atoms with van der Waals surface area (Å²) in [4.78, 5) is 15.5. The number of ether oxygens (including phenoxy) is 1. The normalized spacial score (nSPS) is 11.5. The van der Waals surface area contributed by atoms with Crippen molar-refractivity contribution in [2.24, 2.45) is 0 Å². The van der Waals surface area contributed by atoms with E-state index in [1.165, 1.54) is 0 Å². The number of aliphatic carboxylic acids is 1. The van der Waals surface area contributed by atoms with Crippen LogP contribution in [-0.2, 0) is 4.79 Å². The Balaban J connectivity index is 2.29. The van der Waals surface area contributed by atoms with Crippen molar-refractivity contribution in [3.63, 3.8) is 0 Å². The van der Waals surface area contributed by atoms with Crippen LogP contribution in [0.5, 0.6) is 5.75 Å². The van der Waals surface area contributed by atoms with Crippen LogP contribution in [0, 0.1) is 6.92 Å². The summed E-state index contributed by atoms with van der Waals surface area (Å²) in [6.45, 7) is 1.75. The van der Waals surface area contributed by atoms with Gasteiger partial charge >= 0.3 is 5.97 Å². The molecule has 0 saturated carbocycles. The van der Waals surface area contributed by atoms with Gasteiger partial charge in [-0.1, -0.05) is 6.07 Å². The number of aromatic nitrogens is 3. The van der Waals surface area contributed by atoms with E-state index in [0.717, 1.165) is 21.8 Å². The molecule has 2 aromatic rings. The second kappa shape index (κ2) is 6.77. The van der Waals surface area contributed by atoms with Crippen molar-refractivity contribution in [2.75, 3.05) is 7.11 Å². The number of nitrogens with zero attached hydrogens (tertiary/aromatic N) is 2. The summed E-state index contributed by atoms with van der Waals surface area (Å²) in [7, 11) is 1.57. The van der Waals surface area contributed by atoms with E-state index in [4.69, 9.17) is 4.74 Å². The molecule has 0 amide bonds. The van der Waals surface area contributed by atoms with Crippen molar-refractivity contribution in [2.45, 2.75) is 12.1 Å². The fourth-order valence-corrected chi connectivity index (χ4v) is 2.84. The molecule has 0 aliphatic rings. The summed E-state index contributed by atoms with van der Waals surface area (Å²) in [6.07, 6.45) is 1.56. The second-order valence-electron chi connectivity index (χ2n) is 4.01. The van der Waals surface area contributed by atoms with E-state index in [2.05, 4.69) is 31.1 Å². The van der Waals surface area contributed by atoms with E-state index in [1.54, 1.807) is 38.3 Å². The average molecular weight is 370 g/mol. The number of benzene rings is 1. The molecule has 21 heavy (non-hydrogen) atoms. The highest BCUT2D eigenvalue weighted by Crippen LogP contribution is 2.29. The SMILES string of the molecule is COc1ccc(/C=C(/Sc2n[nH]c(C)n2)C(=O)O)cc1Br. The first-order valence-corrected chi connectivity index (χ1v) is 7.46. The summed E-state index contributed by atoms with van der Waals surface area (Å²) in [5.41, 5.74) is 0.736. The van der Waals surface area contributed by atoms with Crippen LogP contribution in [0.15, 0.2) is 32.7 Å². The van der Waals surface area contributed by atoms with Crippen LogP contribution in [0.4, 0.5) is 0 Å². The minimum absolute atomic E-state index is 0.131. The predicted molar refractivity (Wildman–Crippen MR) is 83.3 cm³/mol. The highest BCUT2D eigenvalue weighted by molar-refractivity contribution is 9.10. The summed E-state index contributed by atoms with van der Waals surface area (Å²) in [5.74, 6) is 0.282. The lowest BCUT2D eigenvalue weighted by Crippen LogP contribution is -1.97. The van der Waals surface area contributed by atoms with Gasteiger partial charge in [-0.2, -0.15) is 0 Å². The third-order valence-electron chi connectivity index (χ3n) is 2.46. The molecule has 0 aliphatic carbocycles. The fourth-order valence-electron chi connectivity index (χ4n) is 1.52. The number of rotatable bonds is 5. The molecule has 0 fully saturated rings. The molecule has 110 valence electrons. The maximum absolute atomic E-state index is 11.3. The first-order chi connectivity index (χ1) is 9.99. The van der Waals surface area contributed by atoms with E-state index in [-0.39, 0.29) is 4.91 Å². The zero-order valence-electron chi connectivity index (χ0n) is 11.3. The van der Waals surface area contributed by atoms with Crippen molar-refractivity contribution >= 4 is 39.7 Å².